The maximum Gasteiger partial charge on any atom is 0.335 e. The van der Waals surface area contributed by atoms with E-state index < -0.39 is 5.97 Å². The van der Waals surface area contributed by atoms with E-state index in [2.05, 4.69) is 26.1 Å². The second-order valence-electron chi connectivity index (χ2n) is 6.50. The van der Waals surface area contributed by atoms with Gasteiger partial charge in [0.15, 0.2) is 11.6 Å². The van der Waals surface area contributed by atoms with Crippen molar-refractivity contribution in [3.63, 3.8) is 0 Å². The molecule has 1 N–H and O–H groups in total. The number of nitrogens with zero attached hydrogens (tertiary/aromatic N) is 3. The Kier molecular flexibility index (Phi) is 5.22. The van der Waals surface area contributed by atoms with Gasteiger partial charge in [0.2, 0.25) is 0 Å². The first-order valence-corrected chi connectivity index (χ1v) is 9.93. The fraction of sp³-hybridized carbons (Fsp3) is 0.0455. The van der Waals surface area contributed by atoms with Crippen LogP contribution in [0.25, 0.3) is 28.5 Å². The average molecular weight is 469 g/mol. The summed E-state index contributed by atoms with van der Waals surface area (Å²) >= 11 is 9.49. The summed E-state index contributed by atoms with van der Waals surface area (Å²) in [5.41, 5.74) is 3.50. The molecule has 0 aliphatic heterocycles. The summed E-state index contributed by atoms with van der Waals surface area (Å²) in [6, 6.07) is 20.1. The van der Waals surface area contributed by atoms with E-state index in [0.29, 0.717) is 22.4 Å². The Bertz CT molecular complexity index is 1140. The van der Waals surface area contributed by atoms with E-state index in [1.807, 2.05) is 47.9 Å². The van der Waals surface area contributed by atoms with Gasteiger partial charge in [-0.05, 0) is 61.0 Å². The molecule has 0 radical (unpaired) electrons. The van der Waals surface area contributed by atoms with E-state index in [-0.39, 0.29) is 5.56 Å². The summed E-state index contributed by atoms with van der Waals surface area (Å²) in [5.74, 6) is 0.232. The maximum absolute atomic E-state index is 11.6. The fourth-order valence-corrected chi connectivity index (χ4v) is 3.46. The van der Waals surface area contributed by atoms with E-state index >= 15 is 0 Å². The van der Waals surface area contributed by atoms with Crippen LogP contribution in [0.5, 0.6) is 0 Å². The molecular formula is C22H15BrClN3O2. The molecule has 0 spiro atoms. The summed E-state index contributed by atoms with van der Waals surface area (Å²) in [4.78, 5) is 11.6. The minimum absolute atomic E-state index is 0.197. The quantitative estimate of drug-likeness (QED) is 0.397. The number of hydrogen-bond donors (Lipinski definition) is 1. The fourth-order valence-electron chi connectivity index (χ4n) is 3.07. The molecule has 1 heterocycles. The Morgan fingerprint density at radius 3 is 2.03 bits per heavy atom. The molecule has 0 fully saturated rings. The second kappa shape index (κ2) is 7.81. The highest BCUT2D eigenvalue weighted by Gasteiger charge is 2.19. The topological polar surface area (TPSA) is 68.0 Å². The van der Waals surface area contributed by atoms with E-state index in [1.54, 1.807) is 30.3 Å². The molecule has 0 aliphatic carbocycles. The van der Waals surface area contributed by atoms with Gasteiger partial charge in [-0.3, -0.25) is 4.57 Å². The van der Waals surface area contributed by atoms with Crippen LogP contribution in [0.4, 0.5) is 0 Å². The minimum atomic E-state index is -0.988. The van der Waals surface area contributed by atoms with Crippen LogP contribution in [0.15, 0.2) is 71.2 Å². The van der Waals surface area contributed by atoms with Gasteiger partial charge in [-0.2, -0.15) is 0 Å². The van der Waals surface area contributed by atoms with Crippen molar-refractivity contribution in [2.24, 2.45) is 0 Å². The average Bonchev–Trinajstić information content (AvgIpc) is 3.14. The highest BCUT2D eigenvalue weighted by atomic mass is 79.9. The van der Waals surface area contributed by atoms with E-state index in [0.717, 1.165) is 21.2 Å². The molecule has 4 aromatic rings. The van der Waals surface area contributed by atoms with Crippen molar-refractivity contribution in [2.45, 2.75) is 6.92 Å². The van der Waals surface area contributed by atoms with Crippen molar-refractivity contribution in [3.8, 4) is 28.5 Å². The third-order valence-corrected chi connectivity index (χ3v) is 5.35. The number of halogens is 2. The summed E-state index contributed by atoms with van der Waals surface area (Å²) < 4.78 is 2.84. The molecule has 29 heavy (non-hydrogen) atoms. The van der Waals surface area contributed by atoms with Crippen LogP contribution < -0.4 is 0 Å². The molecule has 144 valence electrons. The Balaban J connectivity index is 2.00. The number of aromatic nitrogens is 3. The molecule has 0 bridgehead atoms. The second-order valence-corrected chi connectivity index (χ2v) is 7.85. The van der Waals surface area contributed by atoms with E-state index in [9.17, 15) is 9.90 Å². The van der Waals surface area contributed by atoms with Crippen LogP contribution in [-0.4, -0.2) is 25.8 Å². The number of hydrogen-bond acceptors (Lipinski definition) is 3. The van der Waals surface area contributed by atoms with Crippen LogP contribution in [0.1, 0.15) is 15.9 Å². The smallest absolute Gasteiger partial charge is 0.335 e. The van der Waals surface area contributed by atoms with Crippen LogP contribution in [0.3, 0.4) is 0 Å². The Hall–Kier alpha value is -2.96. The van der Waals surface area contributed by atoms with Gasteiger partial charge in [-0.15, -0.1) is 10.2 Å². The maximum atomic E-state index is 11.6. The first-order valence-electron chi connectivity index (χ1n) is 8.75. The zero-order valence-electron chi connectivity index (χ0n) is 15.3. The minimum Gasteiger partial charge on any atom is -0.478 e. The van der Waals surface area contributed by atoms with Crippen LogP contribution in [0.2, 0.25) is 5.02 Å². The van der Waals surface area contributed by atoms with Gasteiger partial charge in [0.25, 0.3) is 0 Å². The lowest BCUT2D eigenvalue weighted by Gasteiger charge is -2.14. The summed E-state index contributed by atoms with van der Waals surface area (Å²) in [6.07, 6.45) is 0. The Morgan fingerprint density at radius 1 is 0.931 bits per heavy atom. The third-order valence-electron chi connectivity index (χ3n) is 4.56. The number of carboxylic acid groups (broad SMARTS) is 1. The number of aryl methyl sites for hydroxylation is 1. The first-order chi connectivity index (χ1) is 13.9. The number of rotatable bonds is 4. The van der Waals surface area contributed by atoms with Crippen molar-refractivity contribution >= 4 is 33.5 Å². The van der Waals surface area contributed by atoms with Crippen molar-refractivity contribution in [2.75, 3.05) is 0 Å². The lowest BCUT2D eigenvalue weighted by Crippen LogP contribution is -2.05. The summed E-state index contributed by atoms with van der Waals surface area (Å²) in [6.45, 7) is 1.93. The molecule has 0 saturated heterocycles. The van der Waals surface area contributed by atoms with Crippen molar-refractivity contribution in [1.29, 1.82) is 0 Å². The van der Waals surface area contributed by atoms with Crippen LogP contribution >= 0.6 is 27.5 Å². The summed E-state index contributed by atoms with van der Waals surface area (Å²) in [7, 11) is 0. The van der Waals surface area contributed by atoms with Gasteiger partial charge in [0.1, 0.15) is 0 Å². The van der Waals surface area contributed by atoms with Gasteiger partial charge in [0.05, 0.1) is 11.3 Å². The predicted octanol–water partition coefficient (Wildman–Crippen LogP) is 6.02. The first kappa shape index (κ1) is 19.4. The van der Waals surface area contributed by atoms with E-state index in [1.165, 1.54) is 0 Å². The van der Waals surface area contributed by atoms with Gasteiger partial charge >= 0.3 is 5.97 Å². The Labute approximate surface area is 180 Å². The molecule has 7 heteroatoms. The third kappa shape index (κ3) is 3.81. The van der Waals surface area contributed by atoms with Crippen LogP contribution in [0, 0.1) is 6.92 Å². The number of carboxylic acids is 1. The molecule has 0 aliphatic rings. The zero-order valence-corrected chi connectivity index (χ0v) is 17.6. The molecule has 1 aromatic heterocycles. The monoisotopic (exact) mass is 467 g/mol. The normalized spacial score (nSPS) is 10.9. The molecular weight excluding hydrogens is 454 g/mol. The Morgan fingerprint density at radius 2 is 1.48 bits per heavy atom. The lowest BCUT2D eigenvalue weighted by molar-refractivity contribution is 0.0697. The largest absolute Gasteiger partial charge is 0.478 e. The summed E-state index contributed by atoms with van der Waals surface area (Å²) in [5, 5.41) is 18.9. The highest BCUT2D eigenvalue weighted by Crippen LogP contribution is 2.31. The van der Waals surface area contributed by atoms with Gasteiger partial charge in [-0.1, -0.05) is 45.7 Å². The molecule has 0 saturated carbocycles. The lowest BCUT2D eigenvalue weighted by atomic mass is 10.1. The van der Waals surface area contributed by atoms with Crippen LogP contribution in [-0.2, 0) is 0 Å². The van der Waals surface area contributed by atoms with Gasteiger partial charge in [-0.25, -0.2) is 4.79 Å². The molecule has 5 nitrogen and oxygen atoms in total. The molecule has 3 aromatic carbocycles. The SMILES string of the molecule is Cc1ccc(C(=O)O)cc1-n1c(-c2ccc(Cl)cc2)nnc1-c1ccc(Br)cc1. The standard InChI is InChI=1S/C22H15BrClN3O2/c1-13-2-3-16(22(28)29)12-19(13)27-20(14-4-8-17(23)9-5-14)25-26-21(27)15-6-10-18(24)11-7-15/h2-12H,1H3,(H,28,29). The number of aromatic carboxylic acids is 1. The molecule has 0 amide bonds. The highest BCUT2D eigenvalue weighted by molar-refractivity contribution is 9.10. The predicted molar refractivity (Wildman–Crippen MR) is 117 cm³/mol. The van der Waals surface area contributed by atoms with Crippen molar-refractivity contribution in [1.82, 2.24) is 14.8 Å². The van der Waals surface area contributed by atoms with Crippen molar-refractivity contribution in [3.05, 3.63) is 87.4 Å². The zero-order chi connectivity index (χ0) is 20.5. The molecule has 4 rings (SSSR count). The van der Waals surface area contributed by atoms with Gasteiger partial charge in [0, 0.05) is 20.6 Å². The number of carbonyl (C=O) groups is 1. The molecule has 0 unspecified atom stereocenters. The van der Waals surface area contributed by atoms with Gasteiger partial charge < -0.3 is 5.11 Å². The number of benzene rings is 3. The van der Waals surface area contributed by atoms with Crippen molar-refractivity contribution < 1.29 is 9.90 Å². The van der Waals surface area contributed by atoms with E-state index in [4.69, 9.17) is 11.6 Å². The molecule has 0 atom stereocenters.